The van der Waals surface area contributed by atoms with Crippen LogP contribution < -0.4 is 0 Å². The van der Waals surface area contributed by atoms with Crippen molar-refractivity contribution in [1.82, 2.24) is 0 Å². The van der Waals surface area contributed by atoms with Crippen LogP contribution in [0.15, 0.2) is 23.1 Å². The maximum absolute atomic E-state index is 10.9. The van der Waals surface area contributed by atoms with Gasteiger partial charge in [-0.2, -0.15) is 0 Å². The van der Waals surface area contributed by atoms with Crippen molar-refractivity contribution in [1.29, 1.82) is 0 Å². The standard InChI is InChI=1S/C11H13ClO4S/c1-16-5-7(13)6-17-8-2-3-10(12)9(4-8)11(14)15/h2-4,7,13H,5-6H2,1H3,(H,14,15). The third-order valence-electron chi connectivity index (χ3n) is 1.97. The van der Waals surface area contributed by atoms with Crippen LogP contribution >= 0.6 is 23.4 Å². The maximum Gasteiger partial charge on any atom is 0.337 e. The first-order valence-corrected chi connectivity index (χ1v) is 6.23. The molecule has 0 heterocycles. The third kappa shape index (κ3) is 4.55. The number of thioether (sulfide) groups is 1. The molecule has 0 amide bonds. The highest BCUT2D eigenvalue weighted by molar-refractivity contribution is 7.99. The molecule has 1 unspecified atom stereocenters. The third-order valence-corrected chi connectivity index (χ3v) is 3.44. The first kappa shape index (κ1) is 14.3. The van der Waals surface area contributed by atoms with Gasteiger partial charge < -0.3 is 14.9 Å². The maximum atomic E-state index is 10.9. The van der Waals surface area contributed by atoms with E-state index in [0.29, 0.717) is 5.75 Å². The molecule has 94 valence electrons. The minimum atomic E-state index is -1.06. The quantitative estimate of drug-likeness (QED) is 0.779. The van der Waals surface area contributed by atoms with Gasteiger partial charge in [-0.15, -0.1) is 11.8 Å². The number of carbonyl (C=O) groups is 1. The number of halogens is 1. The number of rotatable bonds is 6. The van der Waals surface area contributed by atoms with Crippen molar-refractivity contribution >= 4 is 29.3 Å². The predicted octanol–water partition coefficient (Wildman–Crippen LogP) is 2.14. The summed E-state index contributed by atoms with van der Waals surface area (Å²) in [6, 6.07) is 4.75. The van der Waals surface area contributed by atoms with Crippen molar-refractivity contribution in [3.05, 3.63) is 28.8 Å². The van der Waals surface area contributed by atoms with Gasteiger partial charge in [-0.25, -0.2) is 4.79 Å². The zero-order chi connectivity index (χ0) is 12.8. The Hall–Kier alpha value is -0.750. The largest absolute Gasteiger partial charge is 0.478 e. The van der Waals surface area contributed by atoms with E-state index in [-0.39, 0.29) is 17.2 Å². The van der Waals surface area contributed by atoms with E-state index in [1.54, 1.807) is 6.07 Å². The SMILES string of the molecule is COCC(O)CSc1ccc(Cl)c(C(=O)O)c1. The topological polar surface area (TPSA) is 66.8 Å². The van der Waals surface area contributed by atoms with E-state index in [2.05, 4.69) is 0 Å². The van der Waals surface area contributed by atoms with E-state index in [1.165, 1.54) is 31.0 Å². The average Bonchev–Trinajstić information content (AvgIpc) is 2.28. The van der Waals surface area contributed by atoms with Crippen molar-refractivity contribution in [2.24, 2.45) is 0 Å². The van der Waals surface area contributed by atoms with E-state index in [9.17, 15) is 9.90 Å². The lowest BCUT2D eigenvalue weighted by Gasteiger charge is -2.09. The number of carboxylic acids is 1. The first-order valence-electron chi connectivity index (χ1n) is 4.87. The molecule has 1 aromatic rings. The Bertz CT molecular complexity index is 397. The van der Waals surface area contributed by atoms with Gasteiger partial charge >= 0.3 is 5.97 Å². The van der Waals surface area contributed by atoms with Crippen LogP contribution in [0.2, 0.25) is 5.02 Å². The molecule has 6 heteroatoms. The summed E-state index contributed by atoms with van der Waals surface area (Å²) >= 11 is 7.10. The van der Waals surface area contributed by atoms with E-state index in [0.717, 1.165) is 4.90 Å². The molecule has 0 aliphatic heterocycles. The number of methoxy groups -OCH3 is 1. The summed E-state index contributed by atoms with van der Waals surface area (Å²) < 4.78 is 4.79. The second-order valence-electron chi connectivity index (χ2n) is 3.37. The number of hydrogen-bond acceptors (Lipinski definition) is 4. The molecule has 1 rings (SSSR count). The molecule has 0 aliphatic rings. The number of benzene rings is 1. The molecule has 4 nitrogen and oxygen atoms in total. The van der Waals surface area contributed by atoms with Crippen molar-refractivity contribution in [2.45, 2.75) is 11.0 Å². The molecule has 0 radical (unpaired) electrons. The van der Waals surface area contributed by atoms with Gasteiger partial charge in [0.25, 0.3) is 0 Å². The molecule has 1 atom stereocenters. The normalized spacial score (nSPS) is 12.4. The molecule has 0 bridgehead atoms. The summed E-state index contributed by atoms with van der Waals surface area (Å²) in [7, 11) is 1.51. The fraction of sp³-hybridized carbons (Fsp3) is 0.364. The van der Waals surface area contributed by atoms with Gasteiger partial charge in [0.1, 0.15) is 0 Å². The highest BCUT2D eigenvalue weighted by Crippen LogP contribution is 2.25. The van der Waals surface area contributed by atoms with E-state index < -0.39 is 12.1 Å². The smallest absolute Gasteiger partial charge is 0.337 e. The molecule has 0 aromatic heterocycles. The lowest BCUT2D eigenvalue weighted by Crippen LogP contribution is -2.16. The number of aromatic carboxylic acids is 1. The van der Waals surface area contributed by atoms with Crippen LogP contribution in [0.4, 0.5) is 0 Å². The minimum absolute atomic E-state index is 0.0675. The van der Waals surface area contributed by atoms with Crippen molar-refractivity contribution < 1.29 is 19.7 Å². The molecule has 17 heavy (non-hydrogen) atoms. The van der Waals surface area contributed by atoms with Crippen LogP contribution in [0.3, 0.4) is 0 Å². The molecule has 0 saturated heterocycles. The zero-order valence-electron chi connectivity index (χ0n) is 9.22. The second-order valence-corrected chi connectivity index (χ2v) is 4.87. The summed E-state index contributed by atoms with van der Waals surface area (Å²) in [6.45, 7) is 0.256. The Balaban J connectivity index is 2.66. The number of carboxylic acid groups (broad SMARTS) is 1. The Kier molecular flexibility index (Phi) is 5.77. The summed E-state index contributed by atoms with van der Waals surface area (Å²) in [6.07, 6.45) is -0.575. The highest BCUT2D eigenvalue weighted by atomic mass is 35.5. The summed E-state index contributed by atoms with van der Waals surface area (Å²) in [5.74, 6) is -0.621. The molecule has 2 N–H and O–H groups in total. The van der Waals surface area contributed by atoms with Gasteiger partial charge in [0.2, 0.25) is 0 Å². The number of hydrogen-bond donors (Lipinski definition) is 2. The van der Waals surface area contributed by atoms with Crippen molar-refractivity contribution in [3.63, 3.8) is 0 Å². The number of aliphatic hydroxyl groups excluding tert-OH is 1. The highest BCUT2D eigenvalue weighted by Gasteiger charge is 2.10. The predicted molar refractivity (Wildman–Crippen MR) is 67.0 cm³/mol. The fourth-order valence-electron chi connectivity index (χ4n) is 1.19. The molecule has 0 fully saturated rings. The van der Waals surface area contributed by atoms with Crippen molar-refractivity contribution in [2.75, 3.05) is 19.5 Å². The van der Waals surface area contributed by atoms with Gasteiger partial charge in [0, 0.05) is 17.8 Å². The zero-order valence-corrected chi connectivity index (χ0v) is 10.8. The van der Waals surface area contributed by atoms with Crippen molar-refractivity contribution in [3.8, 4) is 0 Å². The van der Waals surface area contributed by atoms with E-state index in [4.69, 9.17) is 21.4 Å². The second kappa shape index (κ2) is 6.86. The van der Waals surface area contributed by atoms with Crippen LogP contribution in [0.25, 0.3) is 0 Å². The molecular weight excluding hydrogens is 264 g/mol. The van der Waals surface area contributed by atoms with E-state index in [1.807, 2.05) is 0 Å². The van der Waals surface area contributed by atoms with Crippen LogP contribution in [-0.4, -0.2) is 41.8 Å². The van der Waals surface area contributed by atoms with Gasteiger partial charge in [-0.05, 0) is 18.2 Å². The lowest BCUT2D eigenvalue weighted by molar-refractivity contribution is 0.0697. The Labute approximate surface area is 109 Å². The molecule has 0 spiro atoms. The Morgan fingerprint density at radius 1 is 1.59 bits per heavy atom. The number of aliphatic hydroxyl groups is 1. The van der Waals surface area contributed by atoms with Crippen LogP contribution in [-0.2, 0) is 4.74 Å². The van der Waals surface area contributed by atoms with Gasteiger partial charge in [-0.3, -0.25) is 0 Å². The number of ether oxygens (including phenoxy) is 1. The Morgan fingerprint density at radius 3 is 2.88 bits per heavy atom. The van der Waals surface area contributed by atoms with E-state index >= 15 is 0 Å². The lowest BCUT2D eigenvalue weighted by atomic mass is 10.2. The Morgan fingerprint density at radius 2 is 2.29 bits per heavy atom. The molecule has 1 aromatic carbocycles. The van der Waals surface area contributed by atoms with Crippen LogP contribution in [0.1, 0.15) is 10.4 Å². The van der Waals surface area contributed by atoms with Gasteiger partial charge in [-0.1, -0.05) is 11.6 Å². The molecule has 0 aliphatic carbocycles. The summed E-state index contributed by atoms with van der Waals surface area (Å²) in [4.78, 5) is 11.6. The molecular formula is C11H13ClO4S. The van der Waals surface area contributed by atoms with Crippen LogP contribution in [0.5, 0.6) is 0 Å². The monoisotopic (exact) mass is 276 g/mol. The average molecular weight is 277 g/mol. The summed E-state index contributed by atoms with van der Waals surface area (Å²) in [5, 5.41) is 18.6. The summed E-state index contributed by atoms with van der Waals surface area (Å²) in [5.41, 5.74) is 0.0675. The van der Waals surface area contributed by atoms with Gasteiger partial charge in [0.05, 0.1) is 23.3 Å². The first-order chi connectivity index (χ1) is 8.04. The fourth-order valence-corrected chi connectivity index (χ4v) is 2.24. The molecule has 0 saturated carbocycles. The van der Waals surface area contributed by atoms with Gasteiger partial charge in [0.15, 0.2) is 0 Å². The minimum Gasteiger partial charge on any atom is -0.478 e. The van der Waals surface area contributed by atoms with Crippen LogP contribution in [0, 0.1) is 0 Å².